The third-order valence-corrected chi connectivity index (χ3v) is 3.80. The Hall–Kier alpha value is -1.90. The normalized spacial score (nSPS) is 23.6. The van der Waals surface area contributed by atoms with Crippen LogP contribution in [0.5, 0.6) is 0 Å². The second kappa shape index (κ2) is 6.25. The van der Waals surface area contributed by atoms with E-state index in [1.807, 2.05) is 4.90 Å². The van der Waals surface area contributed by atoms with Crippen molar-refractivity contribution in [1.82, 2.24) is 9.88 Å². The molecule has 5 heteroatoms. The van der Waals surface area contributed by atoms with Gasteiger partial charge < -0.3 is 14.7 Å². The van der Waals surface area contributed by atoms with Crippen molar-refractivity contribution in [2.45, 2.75) is 31.5 Å². The Balaban J connectivity index is 1.80. The van der Waals surface area contributed by atoms with E-state index in [1.165, 1.54) is 0 Å². The molecule has 0 spiro atoms. The Morgan fingerprint density at radius 1 is 1.43 bits per heavy atom. The maximum Gasteiger partial charge on any atom is 0.273 e. The van der Waals surface area contributed by atoms with E-state index < -0.39 is 0 Å². The van der Waals surface area contributed by atoms with Crippen molar-refractivity contribution in [3.8, 4) is 11.8 Å². The Bertz CT molecular complexity index is 579. The molecule has 110 valence electrons. The number of pyridine rings is 1. The minimum Gasteiger partial charge on any atom is -0.395 e. The van der Waals surface area contributed by atoms with Crippen molar-refractivity contribution >= 4 is 5.91 Å². The highest BCUT2D eigenvalue weighted by molar-refractivity contribution is 5.94. The van der Waals surface area contributed by atoms with Gasteiger partial charge >= 0.3 is 0 Å². The van der Waals surface area contributed by atoms with Crippen LogP contribution in [-0.4, -0.2) is 52.8 Å². The lowest BCUT2D eigenvalue weighted by molar-refractivity contribution is -0.0305. The van der Waals surface area contributed by atoms with Gasteiger partial charge in [0.05, 0.1) is 24.4 Å². The molecule has 0 radical (unpaired) electrons. The predicted molar refractivity (Wildman–Crippen MR) is 76.6 cm³/mol. The quantitative estimate of drug-likeness (QED) is 0.818. The number of fused-ring (bicyclic) bond motifs is 2. The fourth-order valence-corrected chi connectivity index (χ4v) is 2.82. The molecular weight excluding hydrogens is 268 g/mol. The highest BCUT2D eigenvalue weighted by Gasteiger charge is 2.36. The molecule has 3 heterocycles. The van der Waals surface area contributed by atoms with Gasteiger partial charge in [-0.15, -0.1) is 0 Å². The van der Waals surface area contributed by atoms with Crippen molar-refractivity contribution in [1.29, 1.82) is 0 Å². The summed E-state index contributed by atoms with van der Waals surface area (Å²) >= 11 is 0. The summed E-state index contributed by atoms with van der Waals surface area (Å²) in [5, 5.41) is 8.78. The molecule has 0 aliphatic carbocycles. The molecule has 2 aliphatic rings. The minimum atomic E-state index is -0.0795. The van der Waals surface area contributed by atoms with E-state index >= 15 is 0 Å². The number of morpholine rings is 1. The number of ether oxygens (including phenoxy) is 1. The average Bonchev–Trinajstić information content (AvgIpc) is 2.85. The SMILES string of the molecule is O=C(c1ncccc1C#CCCO)N1CC2CCC(C1)O2. The van der Waals surface area contributed by atoms with Crippen molar-refractivity contribution in [2.24, 2.45) is 0 Å². The van der Waals surface area contributed by atoms with Crippen molar-refractivity contribution in [3.05, 3.63) is 29.6 Å². The lowest BCUT2D eigenvalue weighted by Gasteiger charge is -2.32. The van der Waals surface area contributed by atoms with E-state index in [4.69, 9.17) is 9.84 Å². The van der Waals surface area contributed by atoms with Gasteiger partial charge in [0, 0.05) is 25.7 Å². The molecule has 5 nitrogen and oxygen atoms in total. The molecule has 1 aromatic heterocycles. The number of carbonyl (C=O) groups is 1. The summed E-state index contributed by atoms with van der Waals surface area (Å²) in [6, 6.07) is 3.56. The number of likely N-dealkylation sites (tertiary alicyclic amines) is 1. The summed E-state index contributed by atoms with van der Waals surface area (Å²) in [5.41, 5.74) is 1.01. The lowest BCUT2D eigenvalue weighted by Crippen LogP contribution is -2.46. The third kappa shape index (κ3) is 3.07. The van der Waals surface area contributed by atoms with Crippen LogP contribution in [0.4, 0.5) is 0 Å². The molecule has 1 N–H and O–H groups in total. The van der Waals surface area contributed by atoms with Crippen LogP contribution in [0.15, 0.2) is 18.3 Å². The van der Waals surface area contributed by atoms with Crippen LogP contribution >= 0.6 is 0 Å². The number of hydrogen-bond acceptors (Lipinski definition) is 4. The molecule has 3 rings (SSSR count). The molecule has 2 atom stereocenters. The number of aliphatic hydroxyl groups is 1. The summed E-state index contributed by atoms with van der Waals surface area (Å²) in [5.74, 6) is 5.69. The predicted octanol–water partition coefficient (Wildman–Crippen LogP) is 0.819. The number of aromatic nitrogens is 1. The number of aliphatic hydroxyl groups excluding tert-OH is 1. The van der Waals surface area contributed by atoms with Gasteiger partial charge in [-0.2, -0.15) is 0 Å². The summed E-state index contributed by atoms with van der Waals surface area (Å²) in [6.45, 7) is 1.29. The Kier molecular flexibility index (Phi) is 4.18. The van der Waals surface area contributed by atoms with Crippen LogP contribution in [0.3, 0.4) is 0 Å². The number of carbonyl (C=O) groups excluding carboxylic acids is 1. The number of amides is 1. The highest BCUT2D eigenvalue weighted by atomic mass is 16.5. The molecule has 0 aromatic carbocycles. The average molecular weight is 286 g/mol. The first-order valence-corrected chi connectivity index (χ1v) is 7.27. The summed E-state index contributed by atoms with van der Waals surface area (Å²) in [7, 11) is 0. The van der Waals surface area contributed by atoms with E-state index in [0.29, 0.717) is 30.8 Å². The van der Waals surface area contributed by atoms with Crippen LogP contribution in [0, 0.1) is 11.8 Å². The second-order valence-corrected chi connectivity index (χ2v) is 5.34. The largest absolute Gasteiger partial charge is 0.395 e. The van der Waals surface area contributed by atoms with Gasteiger partial charge in [-0.3, -0.25) is 4.79 Å². The molecule has 1 amide bonds. The monoisotopic (exact) mass is 286 g/mol. The van der Waals surface area contributed by atoms with Crippen molar-refractivity contribution in [2.75, 3.05) is 19.7 Å². The molecule has 1 aromatic rings. The van der Waals surface area contributed by atoms with E-state index in [9.17, 15) is 4.79 Å². The zero-order chi connectivity index (χ0) is 14.7. The van der Waals surface area contributed by atoms with Gasteiger partial charge in [0.2, 0.25) is 0 Å². The first-order valence-electron chi connectivity index (χ1n) is 7.27. The third-order valence-electron chi connectivity index (χ3n) is 3.80. The second-order valence-electron chi connectivity index (χ2n) is 5.34. The molecule has 2 bridgehead atoms. The van der Waals surface area contributed by atoms with Crippen LogP contribution in [-0.2, 0) is 4.74 Å². The minimum absolute atomic E-state index is 0.0172. The summed E-state index contributed by atoms with van der Waals surface area (Å²) in [6.07, 6.45) is 4.39. The van der Waals surface area contributed by atoms with Gasteiger partial charge in [0.15, 0.2) is 0 Å². The number of hydrogen-bond donors (Lipinski definition) is 1. The van der Waals surface area contributed by atoms with Gasteiger partial charge in [0.25, 0.3) is 5.91 Å². The fraction of sp³-hybridized carbons (Fsp3) is 0.500. The van der Waals surface area contributed by atoms with E-state index in [-0.39, 0.29) is 24.7 Å². The van der Waals surface area contributed by atoms with Crippen LogP contribution < -0.4 is 0 Å². The Labute approximate surface area is 123 Å². The van der Waals surface area contributed by atoms with Crippen LogP contribution in [0.2, 0.25) is 0 Å². The van der Waals surface area contributed by atoms with Crippen LogP contribution in [0.25, 0.3) is 0 Å². The highest BCUT2D eigenvalue weighted by Crippen LogP contribution is 2.27. The zero-order valence-corrected chi connectivity index (χ0v) is 11.8. The first kappa shape index (κ1) is 14.1. The maximum atomic E-state index is 12.7. The van der Waals surface area contributed by atoms with Crippen LogP contribution in [0.1, 0.15) is 35.3 Å². The first-order chi connectivity index (χ1) is 10.3. The van der Waals surface area contributed by atoms with Gasteiger partial charge in [-0.25, -0.2) is 4.98 Å². The standard InChI is InChI=1S/C16H18N2O3/c19-9-2-1-4-12-5-3-8-17-15(12)16(20)18-10-13-6-7-14(11-18)21-13/h3,5,8,13-14,19H,2,6-7,9-11H2. The summed E-state index contributed by atoms with van der Waals surface area (Å²) < 4.78 is 5.75. The molecular formula is C16H18N2O3. The lowest BCUT2D eigenvalue weighted by atomic mass is 10.1. The number of rotatable bonds is 2. The fourth-order valence-electron chi connectivity index (χ4n) is 2.82. The molecule has 2 fully saturated rings. The van der Waals surface area contributed by atoms with E-state index in [1.54, 1.807) is 18.3 Å². The Morgan fingerprint density at radius 2 is 2.19 bits per heavy atom. The topological polar surface area (TPSA) is 62.7 Å². The summed E-state index contributed by atoms with van der Waals surface area (Å²) in [4.78, 5) is 18.7. The Morgan fingerprint density at radius 3 is 2.90 bits per heavy atom. The van der Waals surface area contributed by atoms with Gasteiger partial charge in [0.1, 0.15) is 5.69 Å². The van der Waals surface area contributed by atoms with Crippen molar-refractivity contribution < 1.29 is 14.6 Å². The smallest absolute Gasteiger partial charge is 0.273 e. The molecule has 2 aliphatic heterocycles. The molecule has 2 saturated heterocycles. The zero-order valence-electron chi connectivity index (χ0n) is 11.8. The van der Waals surface area contributed by atoms with E-state index in [0.717, 1.165) is 12.8 Å². The molecule has 2 unspecified atom stereocenters. The van der Waals surface area contributed by atoms with E-state index in [2.05, 4.69) is 16.8 Å². The number of nitrogens with zero attached hydrogens (tertiary/aromatic N) is 2. The molecule has 21 heavy (non-hydrogen) atoms. The molecule has 0 saturated carbocycles. The maximum absolute atomic E-state index is 12.7. The van der Waals surface area contributed by atoms with Gasteiger partial charge in [-0.1, -0.05) is 11.8 Å². The van der Waals surface area contributed by atoms with Crippen molar-refractivity contribution in [3.63, 3.8) is 0 Å². The van der Waals surface area contributed by atoms with Gasteiger partial charge in [-0.05, 0) is 25.0 Å².